The van der Waals surface area contributed by atoms with Crippen molar-refractivity contribution in [2.75, 3.05) is 13.1 Å². The second-order valence-corrected chi connectivity index (χ2v) is 8.70. The topological polar surface area (TPSA) is 138 Å². The number of likely N-dealkylation sites (tertiary alicyclic amines) is 1. The number of carbonyl (C=O) groups excluding carboxylic acids is 4. The van der Waals surface area contributed by atoms with Crippen LogP contribution in [0.3, 0.4) is 0 Å². The van der Waals surface area contributed by atoms with Gasteiger partial charge in [0.05, 0.1) is 12.0 Å². The van der Waals surface area contributed by atoms with Gasteiger partial charge in [-0.15, -0.1) is 0 Å². The third-order valence-electron chi connectivity index (χ3n) is 5.94. The summed E-state index contributed by atoms with van der Waals surface area (Å²) in [4.78, 5) is 60.7. The molecule has 3 unspecified atom stereocenters. The Bertz CT molecular complexity index is 1120. The molecule has 2 aromatic rings. The molecule has 0 aliphatic carbocycles. The lowest BCUT2D eigenvalue weighted by molar-refractivity contribution is -0.303. The summed E-state index contributed by atoms with van der Waals surface area (Å²) < 4.78 is 0. The molecule has 1 heterocycles. The van der Waals surface area contributed by atoms with Gasteiger partial charge in [0, 0.05) is 44.0 Å². The van der Waals surface area contributed by atoms with Crippen LogP contribution in [0.4, 0.5) is 0 Å². The number of nitriles is 1. The molecule has 1 fully saturated rings. The van der Waals surface area contributed by atoms with E-state index in [-0.39, 0.29) is 50.1 Å². The molecule has 0 radical (unpaired) electrons. The van der Waals surface area contributed by atoms with Gasteiger partial charge >= 0.3 is 5.97 Å². The first kappa shape index (κ1) is 27.4. The van der Waals surface area contributed by atoms with Gasteiger partial charge in [0.1, 0.15) is 12.3 Å². The highest BCUT2D eigenvalue weighted by Crippen LogP contribution is 2.21. The van der Waals surface area contributed by atoms with Gasteiger partial charge in [-0.2, -0.15) is 10.1 Å². The first-order valence-corrected chi connectivity index (χ1v) is 12.1. The number of hydrogen-bond donors (Lipinski definition) is 2. The Hall–Kier alpha value is -4.23. The maximum Gasteiger partial charge on any atom is 0.339 e. The average molecular weight is 507 g/mol. The molecule has 3 rings (SSSR count). The Balaban J connectivity index is 1.58. The van der Waals surface area contributed by atoms with Crippen molar-refractivity contribution in [1.29, 1.82) is 5.26 Å². The second kappa shape index (κ2) is 13.8. The van der Waals surface area contributed by atoms with Crippen LogP contribution in [0.25, 0.3) is 0 Å². The molecular weight excluding hydrogens is 476 g/mol. The van der Waals surface area contributed by atoms with Crippen molar-refractivity contribution in [3.05, 3.63) is 71.8 Å². The lowest BCUT2D eigenvalue weighted by Gasteiger charge is -2.39. The highest BCUT2D eigenvalue weighted by Gasteiger charge is 2.34. The van der Waals surface area contributed by atoms with Crippen LogP contribution in [-0.2, 0) is 19.4 Å². The van der Waals surface area contributed by atoms with E-state index in [1.807, 2.05) is 0 Å². The lowest BCUT2D eigenvalue weighted by Crippen LogP contribution is -2.56. The van der Waals surface area contributed by atoms with Gasteiger partial charge in [-0.05, 0) is 37.1 Å². The molecule has 3 amide bonds. The smallest absolute Gasteiger partial charge is 0.339 e. The van der Waals surface area contributed by atoms with Gasteiger partial charge in [-0.3, -0.25) is 19.3 Å². The second-order valence-electron chi connectivity index (χ2n) is 8.70. The molecule has 194 valence electrons. The van der Waals surface area contributed by atoms with E-state index >= 15 is 0 Å². The maximum absolute atomic E-state index is 13.1. The van der Waals surface area contributed by atoms with E-state index in [9.17, 15) is 24.4 Å². The zero-order chi connectivity index (χ0) is 26.6. The molecule has 10 nitrogen and oxygen atoms in total. The quantitative estimate of drug-likeness (QED) is 0.373. The Labute approximate surface area is 215 Å². The zero-order valence-corrected chi connectivity index (χ0v) is 20.6. The minimum absolute atomic E-state index is 0.0621. The third kappa shape index (κ3) is 8.44. The number of hydrogen-bond acceptors (Lipinski definition) is 7. The van der Waals surface area contributed by atoms with E-state index in [1.165, 1.54) is 6.92 Å². The van der Waals surface area contributed by atoms with Crippen molar-refractivity contribution >= 4 is 23.7 Å². The monoisotopic (exact) mass is 506 g/mol. The van der Waals surface area contributed by atoms with Crippen LogP contribution in [0, 0.1) is 17.2 Å². The lowest BCUT2D eigenvalue weighted by atomic mass is 10.0. The minimum atomic E-state index is -0.687. The summed E-state index contributed by atoms with van der Waals surface area (Å²) in [7, 11) is 0. The number of rotatable bonds is 10. The Morgan fingerprint density at radius 3 is 2.24 bits per heavy atom. The Morgan fingerprint density at radius 1 is 1.03 bits per heavy atom. The van der Waals surface area contributed by atoms with Crippen LogP contribution in [0.15, 0.2) is 60.7 Å². The predicted octanol–water partition coefficient (Wildman–Crippen LogP) is 2.58. The van der Waals surface area contributed by atoms with Crippen LogP contribution in [0.1, 0.15) is 53.3 Å². The number of carbonyl (C=O) groups is 4. The van der Waals surface area contributed by atoms with Crippen molar-refractivity contribution < 1.29 is 29.0 Å². The fourth-order valence-electron chi connectivity index (χ4n) is 3.98. The molecule has 0 spiro atoms. The van der Waals surface area contributed by atoms with Crippen molar-refractivity contribution in [2.24, 2.45) is 5.92 Å². The summed E-state index contributed by atoms with van der Waals surface area (Å²) in [5, 5.41) is 15.1. The highest BCUT2D eigenvalue weighted by molar-refractivity contribution is 5.95. The van der Waals surface area contributed by atoms with E-state index in [0.717, 1.165) is 0 Å². The number of piperidine rings is 1. The SMILES string of the molecule is CC(=O)OOC1CCN(C(=O)CCC(C#N)CNC(=O)c2ccccc2)C(NC(=O)c2ccccc2)C1. The first-order valence-electron chi connectivity index (χ1n) is 12.1. The summed E-state index contributed by atoms with van der Waals surface area (Å²) >= 11 is 0. The fraction of sp³-hybridized carbons (Fsp3) is 0.370. The molecule has 0 aromatic heterocycles. The zero-order valence-electron chi connectivity index (χ0n) is 20.6. The predicted molar refractivity (Wildman–Crippen MR) is 132 cm³/mol. The highest BCUT2D eigenvalue weighted by atomic mass is 17.2. The summed E-state index contributed by atoms with van der Waals surface area (Å²) in [6, 6.07) is 19.4. The van der Waals surface area contributed by atoms with Crippen molar-refractivity contribution in [3.8, 4) is 6.07 Å². The van der Waals surface area contributed by atoms with Crippen molar-refractivity contribution in [2.45, 2.75) is 44.9 Å². The van der Waals surface area contributed by atoms with Crippen LogP contribution in [0.5, 0.6) is 0 Å². The third-order valence-corrected chi connectivity index (χ3v) is 5.94. The van der Waals surface area contributed by atoms with E-state index in [4.69, 9.17) is 4.89 Å². The molecule has 3 atom stereocenters. The van der Waals surface area contributed by atoms with Crippen LogP contribution in [0.2, 0.25) is 0 Å². The Morgan fingerprint density at radius 2 is 1.65 bits per heavy atom. The molecule has 10 heteroatoms. The van der Waals surface area contributed by atoms with Crippen LogP contribution < -0.4 is 10.6 Å². The van der Waals surface area contributed by atoms with Gasteiger partial charge in [0.25, 0.3) is 11.8 Å². The molecular formula is C27H30N4O6. The van der Waals surface area contributed by atoms with E-state index in [2.05, 4.69) is 21.6 Å². The standard InChI is InChI=1S/C27H30N4O6/c1-19(32)36-37-23-14-15-31(24(16-23)30-27(35)22-10-6-3-7-11-22)25(33)13-12-20(17-28)18-29-26(34)21-8-4-2-5-9-21/h2-11,20,23-24H,12-16,18H2,1H3,(H,29,34)(H,30,35). The summed E-state index contributed by atoms with van der Waals surface area (Å²) in [6.07, 6.45) is -0.236. The van der Waals surface area contributed by atoms with Gasteiger partial charge in [-0.25, -0.2) is 4.79 Å². The molecule has 1 aliphatic rings. The van der Waals surface area contributed by atoms with Crippen molar-refractivity contribution in [3.63, 3.8) is 0 Å². The molecule has 0 saturated carbocycles. The molecule has 0 bridgehead atoms. The molecule has 2 N–H and O–H groups in total. The van der Waals surface area contributed by atoms with Gasteiger partial charge < -0.3 is 15.5 Å². The summed E-state index contributed by atoms with van der Waals surface area (Å²) in [5.41, 5.74) is 0.933. The van der Waals surface area contributed by atoms with Crippen LogP contribution in [-0.4, -0.2) is 54.0 Å². The van der Waals surface area contributed by atoms with Gasteiger partial charge in [-0.1, -0.05) is 36.4 Å². The van der Waals surface area contributed by atoms with E-state index in [1.54, 1.807) is 65.6 Å². The maximum atomic E-state index is 13.1. The van der Waals surface area contributed by atoms with Crippen LogP contribution >= 0.6 is 0 Å². The van der Waals surface area contributed by atoms with Gasteiger partial charge in [0.15, 0.2) is 0 Å². The number of nitrogens with zero attached hydrogens (tertiary/aromatic N) is 2. The minimum Gasteiger partial charge on any atom is -0.351 e. The fourth-order valence-corrected chi connectivity index (χ4v) is 3.98. The van der Waals surface area contributed by atoms with Crippen molar-refractivity contribution in [1.82, 2.24) is 15.5 Å². The number of benzene rings is 2. The Kier molecular flexibility index (Phi) is 10.2. The molecule has 1 saturated heterocycles. The normalized spacial score (nSPS) is 17.7. The number of amides is 3. The average Bonchev–Trinajstić information content (AvgIpc) is 2.92. The van der Waals surface area contributed by atoms with E-state index < -0.39 is 24.2 Å². The van der Waals surface area contributed by atoms with Gasteiger partial charge in [0.2, 0.25) is 5.91 Å². The molecule has 2 aromatic carbocycles. The molecule has 1 aliphatic heterocycles. The first-order chi connectivity index (χ1) is 17.9. The summed E-state index contributed by atoms with van der Waals surface area (Å²) in [5.74, 6) is -2.02. The largest absolute Gasteiger partial charge is 0.351 e. The van der Waals surface area contributed by atoms with E-state index in [0.29, 0.717) is 17.5 Å². The number of nitrogens with one attached hydrogen (secondary N) is 2. The summed E-state index contributed by atoms with van der Waals surface area (Å²) in [6.45, 7) is 1.61. The molecule has 37 heavy (non-hydrogen) atoms.